The third kappa shape index (κ3) is 7.07. The predicted octanol–water partition coefficient (Wildman–Crippen LogP) is 7.87. The zero-order valence-corrected chi connectivity index (χ0v) is 28.8. The van der Waals surface area contributed by atoms with Crippen LogP contribution in [-0.2, 0) is 21.3 Å². The first-order chi connectivity index (χ1) is 21.8. The second-order valence-electron chi connectivity index (χ2n) is 14.0. The summed E-state index contributed by atoms with van der Waals surface area (Å²) in [6, 6.07) is 12.4. The summed E-state index contributed by atoms with van der Waals surface area (Å²) < 4.78 is 21.8. The molecule has 1 amide bonds. The molecule has 1 spiro atoms. The summed E-state index contributed by atoms with van der Waals surface area (Å²) in [6.07, 6.45) is 11.2. The van der Waals surface area contributed by atoms with Crippen molar-refractivity contribution in [3.8, 4) is 5.75 Å². The van der Waals surface area contributed by atoms with Gasteiger partial charge in [-0.25, -0.2) is 0 Å². The lowest BCUT2D eigenvalue weighted by atomic mass is 9.68. The van der Waals surface area contributed by atoms with Crippen molar-refractivity contribution in [2.75, 3.05) is 44.9 Å². The zero-order chi connectivity index (χ0) is 31.6. The molecule has 2 aliphatic heterocycles. The Morgan fingerprint density at radius 1 is 1.18 bits per heavy atom. The number of carbonyl (C=O) groups is 1. The largest absolute Gasteiger partial charge is 0.490 e. The maximum absolute atomic E-state index is 13.6. The van der Waals surface area contributed by atoms with Crippen molar-refractivity contribution >= 4 is 35.1 Å². The van der Waals surface area contributed by atoms with Crippen LogP contribution < -0.4 is 14.4 Å². The molecule has 244 valence electrons. The second-order valence-corrected chi connectivity index (χ2v) is 15.4. The number of amides is 1. The van der Waals surface area contributed by atoms with Gasteiger partial charge >= 0.3 is 0 Å². The monoisotopic (exact) mass is 652 g/mol. The van der Waals surface area contributed by atoms with Crippen LogP contribution in [0.4, 0.5) is 5.69 Å². The van der Waals surface area contributed by atoms with E-state index < -0.39 is 0 Å². The minimum absolute atomic E-state index is 0.0482. The van der Waals surface area contributed by atoms with Crippen LogP contribution in [0.1, 0.15) is 74.4 Å². The van der Waals surface area contributed by atoms with E-state index >= 15 is 0 Å². The molecule has 8 heteroatoms. The number of nitrogens with zero attached hydrogens (tertiary/aromatic N) is 1. The van der Waals surface area contributed by atoms with Gasteiger partial charge < -0.3 is 19.1 Å². The van der Waals surface area contributed by atoms with Gasteiger partial charge in [0.15, 0.2) is 0 Å². The first-order valence-corrected chi connectivity index (χ1v) is 18.1. The molecule has 6 rings (SSSR count). The lowest BCUT2D eigenvalue weighted by Crippen LogP contribution is -2.49. The summed E-state index contributed by atoms with van der Waals surface area (Å²) in [7, 11) is 1.73. The molecule has 2 bridgehead atoms. The van der Waals surface area contributed by atoms with Crippen LogP contribution in [0.5, 0.6) is 5.75 Å². The van der Waals surface area contributed by atoms with Crippen molar-refractivity contribution in [1.82, 2.24) is 4.72 Å². The fraction of sp³-hybridized carbons (Fsp3) is 0.595. The molecule has 1 saturated carbocycles. The van der Waals surface area contributed by atoms with E-state index in [0.717, 1.165) is 68.1 Å². The molecule has 0 aromatic heterocycles. The Kier molecular flexibility index (Phi) is 10.4. The van der Waals surface area contributed by atoms with Gasteiger partial charge in [0.25, 0.3) is 5.91 Å². The van der Waals surface area contributed by atoms with E-state index in [9.17, 15) is 4.79 Å². The van der Waals surface area contributed by atoms with E-state index in [1.54, 1.807) is 19.1 Å². The van der Waals surface area contributed by atoms with Crippen molar-refractivity contribution in [3.63, 3.8) is 0 Å². The van der Waals surface area contributed by atoms with Gasteiger partial charge in [0.05, 0.1) is 31.6 Å². The van der Waals surface area contributed by atoms with Crippen molar-refractivity contribution in [1.29, 1.82) is 0 Å². The van der Waals surface area contributed by atoms with Crippen LogP contribution in [-0.4, -0.2) is 57.3 Å². The highest BCUT2D eigenvalue weighted by molar-refractivity contribution is 7.98. The highest BCUT2D eigenvalue weighted by atomic mass is 35.5. The molecule has 6 nitrogen and oxygen atoms in total. The Bertz CT molecular complexity index is 1380. The zero-order valence-electron chi connectivity index (χ0n) is 27.2. The number of benzene rings is 2. The molecular formula is C37H49ClN2O4S. The summed E-state index contributed by atoms with van der Waals surface area (Å²) in [5, 5.41) is 1.08. The van der Waals surface area contributed by atoms with Gasteiger partial charge in [-0.2, -0.15) is 0 Å². The third-order valence-corrected chi connectivity index (χ3v) is 12.4. The first kappa shape index (κ1) is 32.7. The number of nitrogens with one attached hydrogen (secondary N) is 1. The van der Waals surface area contributed by atoms with Gasteiger partial charge in [-0.3, -0.25) is 9.52 Å². The van der Waals surface area contributed by atoms with E-state index in [2.05, 4.69) is 60.7 Å². The second kappa shape index (κ2) is 14.3. The van der Waals surface area contributed by atoms with Crippen molar-refractivity contribution < 1.29 is 19.0 Å². The SMILES string of the molecule is COCCO[C@H]1/C=C\C[C@H](C)[C@@H](C(C)C)SNC(=O)c2ccc3c(c2)N(C[C@@H]2CC[C@H]21)C[C@@]1(CCCc2cc(Cl)ccc21)CO3. The summed E-state index contributed by atoms with van der Waals surface area (Å²) in [5.74, 6) is 2.53. The maximum atomic E-state index is 13.6. The van der Waals surface area contributed by atoms with Crippen LogP contribution in [0.2, 0.25) is 5.02 Å². The van der Waals surface area contributed by atoms with Crippen LogP contribution in [0, 0.1) is 23.7 Å². The Morgan fingerprint density at radius 3 is 2.82 bits per heavy atom. The normalized spacial score (nSPS) is 30.8. The molecule has 4 aliphatic rings. The Hall–Kier alpha value is -2.19. The molecule has 0 unspecified atom stereocenters. The van der Waals surface area contributed by atoms with Crippen molar-refractivity contribution in [2.45, 2.75) is 76.1 Å². The molecule has 2 aromatic carbocycles. The van der Waals surface area contributed by atoms with Crippen molar-refractivity contribution in [2.24, 2.45) is 23.7 Å². The number of allylic oxidation sites excluding steroid dienone is 1. The van der Waals surface area contributed by atoms with Gasteiger partial charge in [-0.1, -0.05) is 50.6 Å². The van der Waals surface area contributed by atoms with Gasteiger partial charge in [0.2, 0.25) is 0 Å². The van der Waals surface area contributed by atoms with Crippen LogP contribution >= 0.6 is 23.5 Å². The lowest BCUT2D eigenvalue weighted by molar-refractivity contribution is -0.0309. The molecular weight excluding hydrogens is 604 g/mol. The van der Waals surface area contributed by atoms with Gasteiger partial charge in [-0.15, -0.1) is 0 Å². The Balaban J connectivity index is 1.38. The molecule has 6 atom stereocenters. The highest BCUT2D eigenvalue weighted by Gasteiger charge is 2.44. The summed E-state index contributed by atoms with van der Waals surface area (Å²) >= 11 is 8.03. The number of hydrogen-bond donors (Lipinski definition) is 1. The molecule has 2 aromatic rings. The minimum Gasteiger partial charge on any atom is -0.490 e. The van der Waals surface area contributed by atoms with E-state index in [1.165, 1.54) is 11.1 Å². The van der Waals surface area contributed by atoms with Gasteiger partial charge in [0.1, 0.15) is 5.75 Å². The number of halogens is 1. The number of rotatable bonds is 5. The molecule has 0 radical (unpaired) electrons. The number of aryl methyl sites for hydroxylation is 1. The fourth-order valence-electron chi connectivity index (χ4n) is 8.03. The number of carbonyl (C=O) groups excluding carboxylic acids is 1. The van der Waals surface area contributed by atoms with E-state index in [0.29, 0.717) is 49.1 Å². The van der Waals surface area contributed by atoms with Crippen LogP contribution in [0.25, 0.3) is 0 Å². The Labute approximate surface area is 278 Å². The molecule has 0 saturated heterocycles. The summed E-state index contributed by atoms with van der Waals surface area (Å²) in [5.41, 5.74) is 4.24. The highest BCUT2D eigenvalue weighted by Crippen LogP contribution is 2.47. The average molecular weight is 653 g/mol. The molecule has 45 heavy (non-hydrogen) atoms. The maximum Gasteiger partial charge on any atom is 0.261 e. The number of ether oxygens (including phenoxy) is 3. The average Bonchev–Trinajstić information content (AvgIpc) is 3.15. The predicted molar refractivity (Wildman–Crippen MR) is 185 cm³/mol. The number of anilines is 1. The molecule has 2 aliphatic carbocycles. The standard InChI is InChI=1S/C37H49ClN2O4S/c1-24(2)35-25(3)7-5-9-33(43-18-17-42-4)30-13-10-28(30)21-40-22-37(16-6-8-26-19-29(38)12-14-31(26)37)23-44-34-15-11-27(20-32(34)40)36(41)39-45-35/h5,9,11-12,14-15,19-20,24-25,28,30,33,35H,6-8,10,13,16-18,21-23H2,1-4H3,(H,39,41)/b9-5-/t25-,28-,30+,33-,35+,37-/m0/s1. The summed E-state index contributed by atoms with van der Waals surface area (Å²) in [6.45, 7) is 10.3. The van der Waals surface area contributed by atoms with Crippen LogP contribution in [0.15, 0.2) is 48.6 Å². The first-order valence-electron chi connectivity index (χ1n) is 16.8. The lowest BCUT2D eigenvalue weighted by Gasteiger charge is -2.46. The van der Waals surface area contributed by atoms with E-state index in [4.69, 9.17) is 25.8 Å². The third-order valence-electron chi connectivity index (χ3n) is 10.6. The fourth-order valence-corrected chi connectivity index (χ4v) is 9.20. The number of hydrogen-bond acceptors (Lipinski definition) is 6. The van der Waals surface area contributed by atoms with Crippen molar-refractivity contribution in [3.05, 3.63) is 70.3 Å². The van der Waals surface area contributed by atoms with Gasteiger partial charge in [-0.05, 0) is 116 Å². The summed E-state index contributed by atoms with van der Waals surface area (Å²) in [4.78, 5) is 16.1. The Morgan fingerprint density at radius 2 is 2.04 bits per heavy atom. The molecule has 1 fully saturated rings. The van der Waals surface area contributed by atoms with E-state index in [1.807, 2.05) is 18.2 Å². The van der Waals surface area contributed by atoms with Crippen LogP contribution in [0.3, 0.4) is 0 Å². The molecule has 2 heterocycles. The van der Waals surface area contributed by atoms with Gasteiger partial charge in [0, 0.05) is 41.5 Å². The molecule has 1 N–H and O–H groups in total. The smallest absolute Gasteiger partial charge is 0.261 e. The number of fused-ring (bicyclic) bond motifs is 4. The van der Waals surface area contributed by atoms with E-state index in [-0.39, 0.29) is 22.7 Å². The topological polar surface area (TPSA) is 60.0 Å². The number of methoxy groups -OCH3 is 1. The quantitative estimate of drug-likeness (QED) is 0.202. The minimum atomic E-state index is -0.148.